The van der Waals surface area contributed by atoms with Crippen molar-refractivity contribution in [2.45, 2.75) is 13.3 Å². The number of rotatable bonds is 2. The highest BCUT2D eigenvalue weighted by Gasteiger charge is 2.31. The maximum atomic E-state index is 11.9. The molecule has 75 valence electrons. The first-order valence-corrected chi connectivity index (χ1v) is 3.82. The van der Waals surface area contributed by atoms with Crippen LogP contribution in [0.15, 0.2) is 24.8 Å². The monoisotopic (exact) mass is 201 g/mol. The molecule has 0 unspecified atom stereocenters. The lowest BCUT2D eigenvalue weighted by Gasteiger charge is -2.11. The van der Waals surface area contributed by atoms with Gasteiger partial charge < -0.3 is 4.74 Å². The number of halogens is 3. The van der Waals surface area contributed by atoms with Crippen molar-refractivity contribution in [2.24, 2.45) is 0 Å². The maximum Gasteiger partial charge on any atom is 0.573 e. The first kappa shape index (κ1) is 10.6. The van der Waals surface area contributed by atoms with Gasteiger partial charge in [0.2, 0.25) is 0 Å². The van der Waals surface area contributed by atoms with Crippen LogP contribution in [0.5, 0.6) is 5.75 Å². The van der Waals surface area contributed by atoms with Gasteiger partial charge in [0.05, 0.1) is 0 Å². The Morgan fingerprint density at radius 2 is 2.00 bits per heavy atom. The van der Waals surface area contributed by atoms with Gasteiger partial charge in [-0.1, -0.05) is 12.6 Å². The van der Waals surface area contributed by atoms with Crippen LogP contribution in [0.3, 0.4) is 0 Å². The molecule has 1 nitrogen and oxygen atoms in total. The molecule has 1 rings (SSSR count). The van der Waals surface area contributed by atoms with Gasteiger partial charge in [-0.05, 0) is 36.3 Å². The summed E-state index contributed by atoms with van der Waals surface area (Å²) in [5.41, 5.74) is 1.04. The van der Waals surface area contributed by atoms with E-state index in [-0.39, 0.29) is 5.75 Å². The van der Waals surface area contributed by atoms with Gasteiger partial charge in [-0.15, -0.1) is 13.2 Å². The third-order valence-corrected chi connectivity index (χ3v) is 1.60. The number of hydrogen-bond donors (Lipinski definition) is 0. The van der Waals surface area contributed by atoms with Gasteiger partial charge in [-0.2, -0.15) is 0 Å². The molecular weight excluding hydrogens is 193 g/mol. The van der Waals surface area contributed by atoms with Gasteiger partial charge in [0.25, 0.3) is 0 Å². The third kappa shape index (κ3) is 2.80. The van der Waals surface area contributed by atoms with E-state index in [4.69, 9.17) is 0 Å². The van der Waals surface area contributed by atoms with Crippen molar-refractivity contribution in [3.05, 3.63) is 42.0 Å². The molecule has 0 bridgehead atoms. The second-order valence-corrected chi connectivity index (χ2v) is 2.70. The largest absolute Gasteiger partial charge is 0.573 e. The lowest BCUT2D eigenvalue weighted by atomic mass is 10.1. The van der Waals surface area contributed by atoms with E-state index < -0.39 is 6.36 Å². The number of ether oxygens (including phenoxy) is 1. The number of hydrogen-bond acceptors (Lipinski definition) is 1. The molecule has 0 saturated heterocycles. The van der Waals surface area contributed by atoms with Gasteiger partial charge in [0, 0.05) is 0 Å². The van der Waals surface area contributed by atoms with Gasteiger partial charge >= 0.3 is 6.36 Å². The average Bonchev–Trinajstić information content (AvgIpc) is 2.06. The Labute approximate surface area is 79.8 Å². The lowest BCUT2D eigenvalue weighted by Crippen LogP contribution is -2.17. The van der Waals surface area contributed by atoms with Crippen LogP contribution in [-0.4, -0.2) is 6.36 Å². The van der Waals surface area contributed by atoms with E-state index in [1.807, 2.05) is 0 Å². The summed E-state index contributed by atoms with van der Waals surface area (Å²) in [4.78, 5) is 0. The van der Waals surface area contributed by atoms with E-state index in [1.165, 1.54) is 25.1 Å². The van der Waals surface area contributed by atoms with Gasteiger partial charge in [-0.3, -0.25) is 0 Å². The fraction of sp³-hybridized carbons (Fsp3) is 0.200. The van der Waals surface area contributed by atoms with Gasteiger partial charge in [0.1, 0.15) is 5.75 Å². The molecule has 1 aromatic rings. The normalized spacial score (nSPS) is 11.1. The zero-order valence-electron chi connectivity index (χ0n) is 7.48. The Morgan fingerprint density at radius 3 is 2.43 bits per heavy atom. The molecule has 1 aromatic carbocycles. The lowest BCUT2D eigenvalue weighted by molar-refractivity contribution is -0.274. The van der Waals surface area contributed by atoms with Crippen LogP contribution in [0.25, 0.3) is 0 Å². The van der Waals surface area contributed by atoms with Crippen LogP contribution in [-0.2, 0) is 0 Å². The number of alkyl halides is 3. The Hall–Kier alpha value is -1.45. The van der Waals surface area contributed by atoms with E-state index in [0.29, 0.717) is 11.1 Å². The molecule has 0 spiro atoms. The summed E-state index contributed by atoms with van der Waals surface area (Å²) in [5.74, 6) is -0.198. The Balaban J connectivity index is 2.95. The SMILES string of the molecule is C=[C]c1ccc(OC(F)(F)F)c(C)c1. The molecule has 1 radical (unpaired) electrons. The molecule has 0 aromatic heterocycles. The van der Waals surface area contributed by atoms with E-state index in [0.717, 1.165) is 0 Å². The van der Waals surface area contributed by atoms with E-state index in [1.54, 1.807) is 0 Å². The molecule has 0 aliphatic heterocycles. The van der Waals surface area contributed by atoms with Crippen molar-refractivity contribution in [3.63, 3.8) is 0 Å². The highest BCUT2D eigenvalue weighted by Crippen LogP contribution is 2.26. The van der Waals surface area contributed by atoms with Crippen LogP contribution < -0.4 is 4.74 Å². The maximum absolute atomic E-state index is 11.9. The highest BCUT2D eigenvalue weighted by molar-refractivity contribution is 5.38. The molecule has 0 heterocycles. The second-order valence-electron chi connectivity index (χ2n) is 2.70. The zero-order chi connectivity index (χ0) is 10.8. The number of benzene rings is 1. The summed E-state index contributed by atoms with van der Waals surface area (Å²) < 4.78 is 39.3. The zero-order valence-corrected chi connectivity index (χ0v) is 7.48. The van der Waals surface area contributed by atoms with Crippen LogP contribution in [0.4, 0.5) is 13.2 Å². The molecular formula is C10H8F3O. The smallest absolute Gasteiger partial charge is 0.406 e. The van der Waals surface area contributed by atoms with Crippen LogP contribution >= 0.6 is 0 Å². The van der Waals surface area contributed by atoms with Crippen LogP contribution in [0, 0.1) is 13.0 Å². The topological polar surface area (TPSA) is 9.23 Å². The first-order valence-electron chi connectivity index (χ1n) is 3.82. The van der Waals surface area contributed by atoms with Gasteiger partial charge in [0.15, 0.2) is 0 Å². The predicted octanol–water partition coefficient (Wildman–Crippen LogP) is 3.23. The molecule has 0 atom stereocenters. The minimum atomic E-state index is -4.65. The van der Waals surface area contributed by atoms with E-state index >= 15 is 0 Å². The van der Waals surface area contributed by atoms with Crippen molar-refractivity contribution in [3.8, 4) is 5.75 Å². The highest BCUT2D eigenvalue weighted by atomic mass is 19.4. The van der Waals surface area contributed by atoms with Crippen molar-refractivity contribution < 1.29 is 17.9 Å². The third-order valence-electron chi connectivity index (χ3n) is 1.60. The fourth-order valence-electron chi connectivity index (χ4n) is 0.999. The predicted molar refractivity (Wildman–Crippen MR) is 45.8 cm³/mol. The van der Waals surface area contributed by atoms with Crippen molar-refractivity contribution >= 4 is 0 Å². The molecule has 0 saturated carbocycles. The Kier molecular flexibility index (Phi) is 2.84. The molecule has 0 amide bonds. The molecule has 0 fully saturated rings. The van der Waals surface area contributed by atoms with Crippen LogP contribution in [0.2, 0.25) is 0 Å². The van der Waals surface area contributed by atoms with Crippen molar-refractivity contribution in [1.29, 1.82) is 0 Å². The van der Waals surface area contributed by atoms with Crippen molar-refractivity contribution in [2.75, 3.05) is 0 Å². The fourth-order valence-corrected chi connectivity index (χ4v) is 0.999. The Morgan fingerprint density at radius 1 is 1.36 bits per heavy atom. The molecule has 0 aliphatic carbocycles. The quantitative estimate of drug-likeness (QED) is 0.713. The second kappa shape index (κ2) is 3.74. The van der Waals surface area contributed by atoms with Crippen LogP contribution in [0.1, 0.15) is 11.1 Å². The van der Waals surface area contributed by atoms with E-state index in [9.17, 15) is 13.2 Å². The minimum absolute atomic E-state index is 0.198. The van der Waals surface area contributed by atoms with Gasteiger partial charge in [-0.25, -0.2) is 0 Å². The number of aryl methyl sites for hydroxylation is 1. The summed E-state index contributed by atoms with van der Waals surface area (Å²) in [5, 5.41) is 0. The van der Waals surface area contributed by atoms with Crippen molar-refractivity contribution in [1.82, 2.24) is 0 Å². The minimum Gasteiger partial charge on any atom is -0.406 e. The summed E-state index contributed by atoms with van der Waals surface area (Å²) in [7, 11) is 0. The standard InChI is InChI=1S/C10H8F3O/c1-3-8-4-5-9(7(2)6-8)14-10(11,12)13/h4-6H,1H2,2H3. The molecule has 4 heteroatoms. The molecule has 0 aliphatic rings. The Bertz CT molecular complexity index is 342. The summed E-state index contributed by atoms with van der Waals surface area (Å²) >= 11 is 0. The average molecular weight is 201 g/mol. The van der Waals surface area contributed by atoms with E-state index in [2.05, 4.69) is 17.4 Å². The summed E-state index contributed by atoms with van der Waals surface area (Å²) in [6.45, 7) is 4.92. The molecule has 14 heavy (non-hydrogen) atoms. The first-order chi connectivity index (χ1) is 6.42. The summed E-state index contributed by atoms with van der Waals surface area (Å²) in [6.07, 6.45) is -2.08. The molecule has 0 N–H and O–H groups in total. The summed E-state index contributed by atoms with van der Waals surface area (Å²) in [6, 6.07) is 4.23.